The average molecular weight is 270 g/mol. The number of benzene rings is 1. The second kappa shape index (κ2) is 5.13. The summed E-state index contributed by atoms with van der Waals surface area (Å²) in [5.74, 6) is -2.99. The Labute approximate surface area is 110 Å². The van der Waals surface area contributed by atoms with Crippen molar-refractivity contribution in [1.29, 1.82) is 0 Å². The SMILES string of the molecule is CC1CN(C)CCN1c1c(F)cc(C(=O)O)cc1F. The Morgan fingerprint density at radius 1 is 1.32 bits per heavy atom. The largest absolute Gasteiger partial charge is 0.478 e. The van der Waals surface area contributed by atoms with Crippen molar-refractivity contribution in [2.24, 2.45) is 0 Å². The van der Waals surface area contributed by atoms with Crippen molar-refractivity contribution in [2.75, 3.05) is 31.6 Å². The highest BCUT2D eigenvalue weighted by Crippen LogP contribution is 2.28. The molecule has 1 saturated heterocycles. The zero-order chi connectivity index (χ0) is 14.2. The highest BCUT2D eigenvalue weighted by Gasteiger charge is 2.27. The Bertz CT molecular complexity index is 484. The van der Waals surface area contributed by atoms with Crippen LogP contribution in [0.5, 0.6) is 0 Å². The van der Waals surface area contributed by atoms with Crippen molar-refractivity contribution < 1.29 is 18.7 Å². The Morgan fingerprint density at radius 2 is 1.89 bits per heavy atom. The van der Waals surface area contributed by atoms with Crippen LogP contribution in [0.4, 0.5) is 14.5 Å². The molecule has 1 N–H and O–H groups in total. The van der Waals surface area contributed by atoms with E-state index in [2.05, 4.69) is 4.90 Å². The molecule has 1 aliphatic heterocycles. The minimum absolute atomic E-state index is 0.0292. The number of carboxylic acids is 1. The first-order chi connectivity index (χ1) is 8.90. The van der Waals surface area contributed by atoms with Crippen molar-refractivity contribution in [3.63, 3.8) is 0 Å². The fraction of sp³-hybridized carbons (Fsp3) is 0.462. The fourth-order valence-electron chi connectivity index (χ4n) is 2.44. The fourth-order valence-corrected chi connectivity index (χ4v) is 2.44. The van der Waals surface area contributed by atoms with Crippen LogP contribution in [0.2, 0.25) is 0 Å². The molecule has 4 nitrogen and oxygen atoms in total. The maximum Gasteiger partial charge on any atom is 0.335 e. The van der Waals surface area contributed by atoms with Gasteiger partial charge in [0.15, 0.2) is 0 Å². The number of likely N-dealkylation sites (N-methyl/N-ethyl adjacent to an activating group) is 1. The van der Waals surface area contributed by atoms with Gasteiger partial charge in [-0.2, -0.15) is 0 Å². The number of anilines is 1. The molecule has 1 aromatic carbocycles. The third-order valence-corrected chi connectivity index (χ3v) is 3.38. The van der Waals surface area contributed by atoms with Crippen molar-refractivity contribution >= 4 is 11.7 Å². The van der Waals surface area contributed by atoms with Gasteiger partial charge in [0.2, 0.25) is 0 Å². The lowest BCUT2D eigenvalue weighted by Gasteiger charge is -2.40. The summed E-state index contributed by atoms with van der Waals surface area (Å²) in [5.41, 5.74) is -0.508. The van der Waals surface area contributed by atoms with Gasteiger partial charge in [-0.25, -0.2) is 13.6 Å². The smallest absolute Gasteiger partial charge is 0.335 e. The predicted octanol–water partition coefficient (Wildman–Crippen LogP) is 1.80. The van der Waals surface area contributed by atoms with Crippen LogP contribution in [0.15, 0.2) is 12.1 Å². The van der Waals surface area contributed by atoms with E-state index in [1.807, 2.05) is 14.0 Å². The number of halogens is 2. The molecule has 1 fully saturated rings. The standard InChI is InChI=1S/C13H16F2N2O2/c1-8-7-16(2)3-4-17(8)12-10(14)5-9(13(18)19)6-11(12)15/h5-6,8H,3-4,7H2,1-2H3,(H,18,19). The molecule has 0 aromatic heterocycles. The molecular weight excluding hydrogens is 254 g/mol. The van der Waals surface area contributed by atoms with Crippen LogP contribution in [0.1, 0.15) is 17.3 Å². The summed E-state index contributed by atoms with van der Waals surface area (Å²) in [7, 11) is 1.95. The van der Waals surface area contributed by atoms with E-state index in [1.165, 1.54) is 0 Å². The molecule has 1 unspecified atom stereocenters. The third-order valence-electron chi connectivity index (χ3n) is 3.38. The van der Waals surface area contributed by atoms with E-state index >= 15 is 0 Å². The number of piperazine rings is 1. The number of hydrogen-bond acceptors (Lipinski definition) is 3. The Balaban J connectivity index is 2.37. The minimum atomic E-state index is -1.34. The predicted molar refractivity (Wildman–Crippen MR) is 67.6 cm³/mol. The van der Waals surface area contributed by atoms with E-state index in [0.29, 0.717) is 19.6 Å². The van der Waals surface area contributed by atoms with Gasteiger partial charge >= 0.3 is 5.97 Å². The normalized spacial score (nSPS) is 20.6. The van der Waals surface area contributed by atoms with Crippen LogP contribution in [-0.2, 0) is 0 Å². The molecule has 0 bridgehead atoms. The second-order valence-corrected chi connectivity index (χ2v) is 4.90. The van der Waals surface area contributed by atoms with Crippen molar-refractivity contribution in [1.82, 2.24) is 4.90 Å². The van der Waals surface area contributed by atoms with Gasteiger partial charge in [-0.05, 0) is 26.1 Å². The molecule has 1 atom stereocenters. The van der Waals surface area contributed by atoms with E-state index < -0.39 is 17.6 Å². The quantitative estimate of drug-likeness (QED) is 0.890. The van der Waals surface area contributed by atoms with Gasteiger partial charge in [-0.1, -0.05) is 0 Å². The number of aromatic carboxylic acids is 1. The van der Waals surface area contributed by atoms with Gasteiger partial charge in [0.05, 0.1) is 5.56 Å². The summed E-state index contributed by atoms with van der Waals surface area (Å²) in [6.45, 7) is 3.82. The number of nitrogens with zero attached hydrogens (tertiary/aromatic N) is 2. The molecule has 2 rings (SSSR count). The Morgan fingerprint density at radius 3 is 2.37 bits per heavy atom. The maximum atomic E-state index is 14.0. The molecule has 1 aliphatic rings. The van der Waals surface area contributed by atoms with E-state index in [0.717, 1.165) is 12.1 Å². The van der Waals surface area contributed by atoms with E-state index in [1.54, 1.807) is 4.90 Å². The maximum absolute atomic E-state index is 14.0. The van der Waals surface area contributed by atoms with Crippen LogP contribution in [0, 0.1) is 11.6 Å². The first kappa shape index (κ1) is 13.7. The van der Waals surface area contributed by atoms with Gasteiger partial charge in [0, 0.05) is 25.7 Å². The topological polar surface area (TPSA) is 43.8 Å². The van der Waals surface area contributed by atoms with Gasteiger partial charge in [0.1, 0.15) is 17.3 Å². The summed E-state index contributed by atoms with van der Waals surface area (Å²) in [6, 6.07) is 1.70. The van der Waals surface area contributed by atoms with E-state index in [4.69, 9.17) is 5.11 Å². The van der Waals surface area contributed by atoms with Crippen LogP contribution in [0.25, 0.3) is 0 Å². The van der Waals surface area contributed by atoms with E-state index in [9.17, 15) is 13.6 Å². The minimum Gasteiger partial charge on any atom is -0.478 e. The zero-order valence-corrected chi connectivity index (χ0v) is 10.9. The molecule has 104 valence electrons. The number of hydrogen-bond donors (Lipinski definition) is 1. The lowest BCUT2D eigenvalue weighted by atomic mass is 10.1. The Hall–Kier alpha value is -1.69. The summed E-state index contributed by atoms with van der Waals surface area (Å²) < 4.78 is 27.9. The van der Waals surface area contributed by atoms with Crippen LogP contribution in [0.3, 0.4) is 0 Å². The summed E-state index contributed by atoms with van der Waals surface area (Å²) in [6.07, 6.45) is 0. The van der Waals surface area contributed by atoms with Crippen molar-refractivity contribution in [2.45, 2.75) is 13.0 Å². The van der Waals surface area contributed by atoms with E-state index in [-0.39, 0.29) is 17.3 Å². The first-order valence-electron chi connectivity index (χ1n) is 6.07. The second-order valence-electron chi connectivity index (χ2n) is 4.90. The average Bonchev–Trinajstić information content (AvgIpc) is 2.30. The number of carboxylic acid groups (broad SMARTS) is 1. The summed E-state index contributed by atoms with van der Waals surface area (Å²) in [4.78, 5) is 14.5. The first-order valence-corrected chi connectivity index (χ1v) is 6.07. The molecule has 1 aromatic rings. The lowest BCUT2D eigenvalue weighted by Crippen LogP contribution is -2.51. The molecular formula is C13H16F2N2O2. The molecule has 6 heteroatoms. The van der Waals surface area contributed by atoms with Gasteiger partial charge < -0.3 is 14.9 Å². The van der Waals surface area contributed by atoms with Gasteiger partial charge in [-0.15, -0.1) is 0 Å². The monoisotopic (exact) mass is 270 g/mol. The van der Waals surface area contributed by atoms with Gasteiger partial charge in [-0.3, -0.25) is 0 Å². The molecule has 0 aliphatic carbocycles. The number of rotatable bonds is 2. The highest BCUT2D eigenvalue weighted by atomic mass is 19.1. The third kappa shape index (κ3) is 2.68. The van der Waals surface area contributed by atoms with Gasteiger partial charge in [0.25, 0.3) is 0 Å². The highest BCUT2D eigenvalue weighted by molar-refractivity contribution is 5.88. The van der Waals surface area contributed by atoms with Crippen LogP contribution < -0.4 is 4.90 Å². The molecule has 1 heterocycles. The van der Waals surface area contributed by atoms with Crippen LogP contribution >= 0.6 is 0 Å². The van der Waals surface area contributed by atoms with Crippen LogP contribution in [-0.4, -0.2) is 48.7 Å². The molecule has 0 radical (unpaired) electrons. The lowest BCUT2D eigenvalue weighted by molar-refractivity contribution is 0.0695. The zero-order valence-electron chi connectivity index (χ0n) is 10.9. The molecule has 0 amide bonds. The van der Waals surface area contributed by atoms with Crippen molar-refractivity contribution in [3.8, 4) is 0 Å². The molecule has 0 spiro atoms. The number of carbonyl (C=O) groups is 1. The summed E-state index contributed by atoms with van der Waals surface area (Å²) in [5, 5.41) is 8.77. The molecule has 0 saturated carbocycles. The molecule has 19 heavy (non-hydrogen) atoms. The Kier molecular flexibility index (Phi) is 3.71. The van der Waals surface area contributed by atoms with Crippen molar-refractivity contribution in [3.05, 3.63) is 29.3 Å². The summed E-state index contributed by atoms with van der Waals surface area (Å²) >= 11 is 0.